The highest BCUT2D eigenvalue weighted by atomic mass is 16.2. The van der Waals surface area contributed by atoms with Crippen molar-refractivity contribution < 1.29 is 9.59 Å². The Morgan fingerprint density at radius 1 is 1.50 bits per heavy atom. The van der Waals surface area contributed by atoms with Crippen molar-refractivity contribution in [2.45, 2.75) is 25.9 Å². The molecule has 0 atom stereocenters. The van der Waals surface area contributed by atoms with E-state index in [1.807, 2.05) is 6.07 Å². The summed E-state index contributed by atoms with van der Waals surface area (Å²) in [5.41, 5.74) is 5.65. The number of carbonyl (C=O) groups is 2. The minimum atomic E-state index is -0.827. The first-order valence-electron chi connectivity index (χ1n) is 5.72. The molecule has 1 fully saturated rings. The summed E-state index contributed by atoms with van der Waals surface area (Å²) in [6, 6.07) is 3.62. The zero-order chi connectivity index (χ0) is 13.3. The summed E-state index contributed by atoms with van der Waals surface area (Å²) in [7, 11) is 0. The molecular formula is C12H16N4O2. The van der Waals surface area contributed by atoms with Crippen LogP contribution in [0.15, 0.2) is 18.3 Å². The van der Waals surface area contributed by atoms with E-state index in [1.54, 1.807) is 31.0 Å². The molecule has 1 aromatic heterocycles. The standard InChI is InChI=1S/C12H16N4O2/c1-12(2)11(18)15-9(17)7-16(12)10-8(6-13)4-3-5-14-10/h3-5H,6-7,13H2,1-2H3,(H,15,17,18). The van der Waals surface area contributed by atoms with Crippen LogP contribution in [0.5, 0.6) is 0 Å². The van der Waals surface area contributed by atoms with Gasteiger partial charge in [-0.2, -0.15) is 0 Å². The summed E-state index contributed by atoms with van der Waals surface area (Å²) in [6.45, 7) is 3.92. The molecule has 1 aromatic rings. The van der Waals surface area contributed by atoms with E-state index in [-0.39, 0.29) is 18.4 Å². The highest BCUT2D eigenvalue weighted by Gasteiger charge is 2.42. The Bertz CT molecular complexity index is 499. The van der Waals surface area contributed by atoms with Crippen molar-refractivity contribution in [3.05, 3.63) is 23.9 Å². The molecule has 0 radical (unpaired) electrons. The number of hydrogen-bond acceptors (Lipinski definition) is 5. The number of nitrogens with zero attached hydrogens (tertiary/aromatic N) is 2. The lowest BCUT2D eigenvalue weighted by molar-refractivity contribution is -0.135. The second-order valence-corrected chi connectivity index (χ2v) is 4.71. The van der Waals surface area contributed by atoms with Gasteiger partial charge in [0.15, 0.2) is 0 Å². The SMILES string of the molecule is CC1(C)C(=O)NC(=O)CN1c1ncccc1CN. The Morgan fingerprint density at radius 2 is 2.22 bits per heavy atom. The largest absolute Gasteiger partial charge is 0.333 e. The van der Waals surface area contributed by atoms with E-state index in [9.17, 15) is 9.59 Å². The number of carbonyl (C=O) groups excluding carboxylic acids is 2. The number of nitrogens with one attached hydrogen (secondary N) is 1. The van der Waals surface area contributed by atoms with Crippen LogP contribution in [-0.4, -0.2) is 28.9 Å². The number of amides is 2. The minimum absolute atomic E-state index is 0.1000. The highest BCUT2D eigenvalue weighted by molar-refractivity contribution is 6.06. The molecule has 6 heteroatoms. The molecule has 96 valence electrons. The molecule has 0 spiro atoms. The van der Waals surface area contributed by atoms with E-state index < -0.39 is 5.54 Å². The van der Waals surface area contributed by atoms with Gasteiger partial charge < -0.3 is 10.6 Å². The summed E-state index contributed by atoms with van der Waals surface area (Å²) < 4.78 is 0. The van der Waals surface area contributed by atoms with Crippen LogP contribution in [0, 0.1) is 0 Å². The Balaban J connectivity index is 2.47. The van der Waals surface area contributed by atoms with E-state index in [2.05, 4.69) is 10.3 Å². The van der Waals surface area contributed by atoms with Crippen LogP contribution in [-0.2, 0) is 16.1 Å². The molecule has 0 aliphatic carbocycles. The number of aromatic nitrogens is 1. The molecule has 0 unspecified atom stereocenters. The molecule has 2 rings (SSSR count). The molecule has 1 saturated heterocycles. The van der Waals surface area contributed by atoms with Crippen molar-refractivity contribution in [2.75, 3.05) is 11.4 Å². The molecule has 2 heterocycles. The summed E-state index contributed by atoms with van der Waals surface area (Å²) in [4.78, 5) is 29.3. The zero-order valence-corrected chi connectivity index (χ0v) is 10.4. The average molecular weight is 248 g/mol. The fourth-order valence-electron chi connectivity index (χ4n) is 1.96. The molecule has 6 nitrogen and oxygen atoms in total. The molecule has 18 heavy (non-hydrogen) atoms. The van der Waals surface area contributed by atoms with Crippen molar-refractivity contribution in [1.82, 2.24) is 10.3 Å². The van der Waals surface area contributed by atoms with Crippen molar-refractivity contribution >= 4 is 17.6 Å². The van der Waals surface area contributed by atoms with E-state index in [1.165, 1.54) is 0 Å². The van der Waals surface area contributed by atoms with Gasteiger partial charge in [0.05, 0.1) is 6.54 Å². The molecule has 0 aromatic carbocycles. The van der Waals surface area contributed by atoms with Gasteiger partial charge in [0.25, 0.3) is 5.91 Å². The van der Waals surface area contributed by atoms with Crippen molar-refractivity contribution in [3.63, 3.8) is 0 Å². The Kier molecular flexibility index (Phi) is 3.04. The fourth-order valence-corrected chi connectivity index (χ4v) is 1.96. The Labute approximate surface area is 105 Å². The maximum atomic E-state index is 11.9. The zero-order valence-electron chi connectivity index (χ0n) is 10.4. The summed E-state index contributed by atoms with van der Waals surface area (Å²) in [5.74, 6) is -0.0616. The van der Waals surface area contributed by atoms with Crippen molar-refractivity contribution in [3.8, 4) is 0 Å². The van der Waals surface area contributed by atoms with Crippen LogP contribution in [0.2, 0.25) is 0 Å². The number of piperazine rings is 1. The van der Waals surface area contributed by atoms with Gasteiger partial charge in [-0.3, -0.25) is 14.9 Å². The van der Waals surface area contributed by atoms with Crippen molar-refractivity contribution in [1.29, 1.82) is 0 Å². The number of pyridine rings is 1. The molecule has 0 bridgehead atoms. The molecule has 0 saturated carbocycles. The summed E-state index contributed by atoms with van der Waals surface area (Å²) >= 11 is 0. The lowest BCUT2D eigenvalue weighted by Crippen LogP contribution is -2.64. The molecular weight excluding hydrogens is 232 g/mol. The first-order valence-corrected chi connectivity index (χ1v) is 5.72. The van der Waals surface area contributed by atoms with Gasteiger partial charge in [0, 0.05) is 18.3 Å². The quantitative estimate of drug-likeness (QED) is 0.706. The van der Waals surface area contributed by atoms with Gasteiger partial charge in [-0.1, -0.05) is 6.07 Å². The summed E-state index contributed by atoms with van der Waals surface area (Å²) in [6.07, 6.45) is 1.63. The maximum absolute atomic E-state index is 11.9. The second kappa shape index (κ2) is 4.38. The molecule has 1 aliphatic rings. The fraction of sp³-hybridized carbons (Fsp3) is 0.417. The monoisotopic (exact) mass is 248 g/mol. The van der Waals surface area contributed by atoms with Crippen LogP contribution in [0.1, 0.15) is 19.4 Å². The molecule has 1 aliphatic heterocycles. The van der Waals surface area contributed by atoms with Crippen LogP contribution < -0.4 is 16.0 Å². The third-order valence-electron chi connectivity index (χ3n) is 3.13. The number of imide groups is 1. The van der Waals surface area contributed by atoms with Gasteiger partial charge in [-0.15, -0.1) is 0 Å². The lowest BCUT2D eigenvalue weighted by atomic mass is 9.98. The smallest absolute Gasteiger partial charge is 0.251 e. The third-order valence-corrected chi connectivity index (χ3v) is 3.13. The van der Waals surface area contributed by atoms with Gasteiger partial charge in [0.2, 0.25) is 5.91 Å². The van der Waals surface area contributed by atoms with Crippen LogP contribution in [0.4, 0.5) is 5.82 Å². The predicted molar refractivity (Wildman–Crippen MR) is 66.7 cm³/mol. The number of anilines is 1. The average Bonchev–Trinajstić information content (AvgIpc) is 2.34. The first kappa shape index (κ1) is 12.5. The normalized spacial score (nSPS) is 18.7. The maximum Gasteiger partial charge on any atom is 0.251 e. The Morgan fingerprint density at radius 3 is 2.89 bits per heavy atom. The van der Waals surface area contributed by atoms with Gasteiger partial charge in [-0.05, 0) is 19.9 Å². The van der Waals surface area contributed by atoms with E-state index in [4.69, 9.17) is 5.73 Å². The van der Waals surface area contributed by atoms with Crippen LogP contribution in [0.3, 0.4) is 0 Å². The van der Waals surface area contributed by atoms with Crippen molar-refractivity contribution in [2.24, 2.45) is 5.73 Å². The molecule has 2 amide bonds. The van der Waals surface area contributed by atoms with Gasteiger partial charge in [0.1, 0.15) is 11.4 Å². The minimum Gasteiger partial charge on any atom is -0.333 e. The van der Waals surface area contributed by atoms with E-state index in [0.717, 1.165) is 5.56 Å². The number of rotatable bonds is 2. The van der Waals surface area contributed by atoms with Gasteiger partial charge >= 0.3 is 0 Å². The van der Waals surface area contributed by atoms with Gasteiger partial charge in [-0.25, -0.2) is 4.98 Å². The summed E-state index contributed by atoms with van der Waals surface area (Å²) in [5, 5.41) is 2.33. The first-order chi connectivity index (χ1) is 8.46. The topological polar surface area (TPSA) is 88.3 Å². The number of hydrogen-bond donors (Lipinski definition) is 2. The third kappa shape index (κ3) is 1.95. The van der Waals surface area contributed by atoms with Crippen LogP contribution >= 0.6 is 0 Å². The van der Waals surface area contributed by atoms with Crippen LogP contribution in [0.25, 0.3) is 0 Å². The second-order valence-electron chi connectivity index (χ2n) is 4.71. The predicted octanol–water partition coefficient (Wildman–Crippen LogP) is -0.218. The Hall–Kier alpha value is -1.95. The van der Waals surface area contributed by atoms with E-state index in [0.29, 0.717) is 12.4 Å². The molecule has 3 N–H and O–H groups in total. The lowest BCUT2D eigenvalue weighted by Gasteiger charge is -2.41. The van der Waals surface area contributed by atoms with E-state index >= 15 is 0 Å². The number of nitrogens with two attached hydrogens (primary N) is 1. The highest BCUT2D eigenvalue weighted by Crippen LogP contribution is 2.27.